The van der Waals surface area contributed by atoms with Gasteiger partial charge in [-0.25, -0.2) is 4.79 Å². The highest BCUT2D eigenvalue weighted by atomic mass is 16.6. The standard InChI is InChI=1S/C26H40O9/c1-2-3-4-5-9-12-24(27)34-21-19-32-17-15-30-13-14-31-16-18-33-20-22-35-26(29)25(28)23-10-7-6-8-11-23/h6-8,10-11H,2-5,9,12-22H2,1H3. The molecular weight excluding hydrogens is 456 g/mol. The van der Waals surface area contributed by atoms with Gasteiger partial charge in [0.25, 0.3) is 5.78 Å². The molecule has 0 amide bonds. The molecule has 0 aliphatic heterocycles. The van der Waals surface area contributed by atoms with Crippen molar-refractivity contribution in [3.05, 3.63) is 35.9 Å². The Labute approximate surface area is 208 Å². The second-order valence-corrected chi connectivity index (χ2v) is 7.67. The summed E-state index contributed by atoms with van der Waals surface area (Å²) in [5.74, 6) is -1.74. The monoisotopic (exact) mass is 496 g/mol. The van der Waals surface area contributed by atoms with Crippen molar-refractivity contribution in [3.8, 4) is 0 Å². The molecule has 0 bridgehead atoms. The summed E-state index contributed by atoms with van der Waals surface area (Å²) in [6.07, 6.45) is 6.01. The maximum Gasteiger partial charge on any atom is 0.379 e. The molecule has 0 heterocycles. The molecule has 0 fully saturated rings. The van der Waals surface area contributed by atoms with Gasteiger partial charge in [0, 0.05) is 12.0 Å². The Morgan fingerprint density at radius 1 is 0.600 bits per heavy atom. The lowest BCUT2D eigenvalue weighted by Gasteiger charge is -2.08. The largest absolute Gasteiger partial charge is 0.463 e. The summed E-state index contributed by atoms with van der Waals surface area (Å²) in [5.41, 5.74) is 0.296. The van der Waals surface area contributed by atoms with Crippen molar-refractivity contribution in [2.45, 2.75) is 45.4 Å². The number of Topliss-reactive ketones (excluding diaryl/α,β-unsaturated/α-hetero) is 1. The molecule has 0 atom stereocenters. The maximum atomic E-state index is 11.8. The number of benzene rings is 1. The lowest BCUT2D eigenvalue weighted by Crippen LogP contribution is -2.20. The summed E-state index contributed by atoms with van der Waals surface area (Å²) in [7, 11) is 0. The van der Waals surface area contributed by atoms with Crippen LogP contribution in [0.15, 0.2) is 30.3 Å². The first kappa shape index (κ1) is 30.7. The predicted octanol–water partition coefficient (Wildman–Crippen LogP) is 3.38. The molecule has 9 nitrogen and oxygen atoms in total. The van der Waals surface area contributed by atoms with Crippen molar-refractivity contribution in [2.24, 2.45) is 0 Å². The highest BCUT2D eigenvalue weighted by molar-refractivity contribution is 6.40. The minimum atomic E-state index is -0.897. The topological polar surface area (TPSA) is 107 Å². The normalized spacial score (nSPS) is 10.8. The zero-order chi connectivity index (χ0) is 25.4. The molecule has 0 unspecified atom stereocenters. The van der Waals surface area contributed by atoms with E-state index in [9.17, 15) is 14.4 Å². The van der Waals surface area contributed by atoms with Crippen molar-refractivity contribution in [2.75, 3.05) is 66.1 Å². The van der Waals surface area contributed by atoms with Gasteiger partial charge in [-0.3, -0.25) is 9.59 Å². The second-order valence-electron chi connectivity index (χ2n) is 7.67. The second kappa shape index (κ2) is 22.2. The average molecular weight is 497 g/mol. The molecule has 9 heteroatoms. The smallest absolute Gasteiger partial charge is 0.379 e. The Morgan fingerprint density at radius 3 is 1.63 bits per heavy atom. The molecule has 0 N–H and O–H groups in total. The van der Waals surface area contributed by atoms with Gasteiger partial charge in [0.2, 0.25) is 0 Å². The quantitative estimate of drug-likeness (QED) is 0.0975. The zero-order valence-electron chi connectivity index (χ0n) is 20.9. The first-order valence-electron chi connectivity index (χ1n) is 12.4. The molecule has 1 aromatic carbocycles. The highest BCUT2D eigenvalue weighted by Crippen LogP contribution is 2.05. The van der Waals surface area contributed by atoms with E-state index in [-0.39, 0.29) is 25.8 Å². The van der Waals surface area contributed by atoms with Crippen LogP contribution in [0.5, 0.6) is 0 Å². The molecule has 0 spiro atoms. The number of ether oxygens (including phenoxy) is 6. The van der Waals surface area contributed by atoms with E-state index < -0.39 is 11.8 Å². The van der Waals surface area contributed by atoms with Crippen LogP contribution in [-0.2, 0) is 38.0 Å². The third-order valence-electron chi connectivity index (χ3n) is 4.77. The molecule has 0 saturated heterocycles. The number of carbonyl (C=O) groups excluding carboxylic acids is 3. The Balaban J connectivity index is 1.78. The number of hydrogen-bond acceptors (Lipinski definition) is 9. The molecule has 1 aromatic rings. The lowest BCUT2D eigenvalue weighted by molar-refractivity contribution is -0.145. The fourth-order valence-corrected chi connectivity index (χ4v) is 2.89. The number of unbranched alkanes of at least 4 members (excludes halogenated alkanes) is 4. The van der Waals surface area contributed by atoms with E-state index in [1.54, 1.807) is 30.3 Å². The van der Waals surface area contributed by atoms with Crippen LogP contribution >= 0.6 is 0 Å². The Bertz CT molecular complexity index is 679. The Morgan fingerprint density at radius 2 is 1.09 bits per heavy atom. The third-order valence-corrected chi connectivity index (χ3v) is 4.77. The molecule has 0 saturated carbocycles. The van der Waals surface area contributed by atoms with E-state index >= 15 is 0 Å². The van der Waals surface area contributed by atoms with Crippen LogP contribution in [-0.4, -0.2) is 83.8 Å². The zero-order valence-corrected chi connectivity index (χ0v) is 20.9. The molecule has 0 aromatic heterocycles. The van der Waals surface area contributed by atoms with Gasteiger partial charge in [0.1, 0.15) is 13.2 Å². The maximum absolute atomic E-state index is 11.8. The Hall–Kier alpha value is -2.33. The first-order valence-corrected chi connectivity index (χ1v) is 12.4. The van der Waals surface area contributed by atoms with E-state index in [0.29, 0.717) is 58.2 Å². The van der Waals surface area contributed by atoms with E-state index in [0.717, 1.165) is 12.8 Å². The van der Waals surface area contributed by atoms with Crippen LogP contribution in [0.1, 0.15) is 55.8 Å². The summed E-state index contributed by atoms with van der Waals surface area (Å²) in [4.78, 5) is 35.1. The van der Waals surface area contributed by atoms with Crippen LogP contribution < -0.4 is 0 Å². The lowest BCUT2D eigenvalue weighted by atomic mass is 10.1. The number of ketones is 1. The summed E-state index contributed by atoms with van der Waals surface area (Å²) < 4.78 is 31.4. The van der Waals surface area contributed by atoms with Crippen LogP contribution in [0.3, 0.4) is 0 Å². The molecule has 1 rings (SSSR count). The van der Waals surface area contributed by atoms with Gasteiger partial charge >= 0.3 is 11.9 Å². The van der Waals surface area contributed by atoms with Gasteiger partial charge in [-0.05, 0) is 6.42 Å². The summed E-state index contributed by atoms with van der Waals surface area (Å²) in [5, 5.41) is 0. The highest BCUT2D eigenvalue weighted by Gasteiger charge is 2.17. The first-order chi connectivity index (χ1) is 17.1. The van der Waals surface area contributed by atoms with Gasteiger partial charge in [-0.1, -0.05) is 62.9 Å². The van der Waals surface area contributed by atoms with E-state index in [4.69, 9.17) is 28.4 Å². The van der Waals surface area contributed by atoms with Crippen LogP contribution in [0.25, 0.3) is 0 Å². The van der Waals surface area contributed by atoms with Gasteiger partial charge < -0.3 is 28.4 Å². The number of carbonyl (C=O) groups is 3. The van der Waals surface area contributed by atoms with Crippen molar-refractivity contribution < 1.29 is 42.8 Å². The molecule has 0 aliphatic carbocycles. The van der Waals surface area contributed by atoms with Crippen molar-refractivity contribution >= 4 is 17.7 Å². The van der Waals surface area contributed by atoms with Gasteiger partial charge in [-0.2, -0.15) is 0 Å². The van der Waals surface area contributed by atoms with Gasteiger partial charge in [-0.15, -0.1) is 0 Å². The molecule has 0 aliphatic rings. The molecule has 35 heavy (non-hydrogen) atoms. The van der Waals surface area contributed by atoms with Gasteiger partial charge in [0.05, 0.1) is 52.9 Å². The summed E-state index contributed by atoms with van der Waals surface area (Å²) in [6.45, 7) is 5.37. The van der Waals surface area contributed by atoms with Crippen molar-refractivity contribution in [3.63, 3.8) is 0 Å². The van der Waals surface area contributed by atoms with Crippen molar-refractivity contribution in [1.82, 2.24) is 0 Å². The minimum absolute atomic E-state index is 0.00122. The van der Waals surface area contributed by atoms with E-state index in [2.05, 4.69) is 6.92 Å². The van der Waals surface area contributed by atoms with E-state index in [1.807, 2.05) is 0 Å². The molecular formula is C26H40O9. The fourth-order valence-electron chi connectivity index (χ4n) is 2.89. The SMILES string of the molecule is CCCCCCCC(=O)OCCOCCOCCOCCOCCOC(=O)C(=O)c1ccccc1. The summed E-state index contributed by atoms with van der Waals surface area (Å²) >= 11 is 0. The number of hydrogen-bond donors (Lipinski definition) is 0. The molecule has 0 radical (unpaired) electrons. The summed E-state index contributed by atoms with van der Waals surface area (Å²) in [6, 6.07) is 8.25. The predicted molar refractivity (Wildman–Crippen MR) is 129 cm³/mol. The van der Waals surface area contributed by atoms with E-state index in [1.165, 1.54) is 19.3 Å². The fraction of sp³-hybridized carbons (Fsp3) is 0.654. The van der Waals surface area contributed by atoms with Gasteiger partial charge in [0.15, 0.2) is 0 Å². The van der Waals surface area contributed by atoms with Crippen LogP contribution in [0.4, 0.5) is 0 Å². The van der Waals surface area contributed by atoms with Crippen LogP contribution in [0, 0.1) is 0 Å². The molecule has 198 valence electrons. The van der Waals surface area contributed by atoms with Crippen LogP contribution in [0.2, 0.25) is 0 Å². The number of esters is 2. The van der Waals surface area contributed by atoms with Crippen molar-refractivity contribution in [1.29, 1.82) is 0 Å². The number of rotatable bonds is 23. The third kappa shape index (κ3) is 17.7. The Kier molecular flexibility index (Phi) is 19.4. The average Bonchev–Trinajstić information content (AvgIpc) is 2.88. The minimum Gasteiger partial charge on any atom is -0.463 e.